The van der Waals surface area contributed by atoms with Crippen molar-refractivity contribution in [1.82, 2.24) is 4.90 Å². The monoisotopic (exact) mass is 320 g/mol. The molecule has 1 unspecified atom stereocenters. The minimum atomic E-state index is -0.999. The van der Waals surface area contributed by atoms with Crippen molar-refractivity contribution in [3.8, 4) is 0 Å². The van der Waals surface area contributed by atoms with Crippen LogP contribution < -0.4 is 0 Å². The van der Waals surface area contributed by atoms with Gasteiger partial charge in [0.1, 0.15) is 0 Å². The fourth-order valence-corrected chi connectivity index (χ4v) is 3.14. The highest BCUT2D eigenvalue weighted by molar-refractivity contribution is 8.15. The Morgan fingerprint density at radius 3 is 2.64 bits per heavy atom. The summed E-state index contributed by atoms with van der Waals surface area (Å²) < 4.78 is 0. The highest BCUT2D eigenvalue weighted by atomic mass is 32.2. The minimum Gasteiger partial charge on any atom is -0.478 e. The van der Waals surface area contributed by atoms with Crippen LogP contribution in [0.4, 0.5) is 5.69 Å². The number of nitrogens with zero attached hydrogens (tertiary/aromatic N) is 2. The number of carbonyl (C=O) groups excluding carboxylic acids is 1. The largest absolute Gasteiger partial charge is 0.478 e. The highest BCUT2D eigenvalue weighted by Gasteiger charge is 2.36. The van der Waals surface area contributed by atoms with E-state index in [1.807, 2.05) is 0 Å². The summed E-state index contributed by atoms with van der Waals surface area (Å²) in [6, 6.07) is 6.11. The zero-order valence-electron chi connectivity index (χ0n) is 11.8. The molecule has 22 heavy (non-hydrogen) atoms. The molecule has 1 aliphatic rings. The fourth-order valence-electron chi connectivity index (χ4n) is 1.98. The van der Waals surface area contributed by atoms with Gasteiger partial charge in [0.2, 0.25) is 5.91 Å². The molecule has 2 N–H and O–H groups in total. The van der Waals surface area contributed by atoms with E-state index >= 15 is 0 Å². The van der Waals surface area contributed by atoms with Crippen molar-refractivity contribution in [2.75, 3.05) is 13.2 Å². The first-order chi connectivity index (χ1) is 10.6. The summed E-state index contributed by atoms with van der Waals surface area (Å²) in [6.45, 7) is 3.91. The summed E-state index contributed by atoms with van der Waals surface area (Å²) >= 11 is 1.30. The van der Waals surface area contributed by atoms with Gasteiger partial charge < -0.3 is 10.2 Å². The molecule has 1 fully saturated rings. The van der Waals surface area contributed by atoms with Crippen molar-refractivity contribution in [3.63, 3.8) is 0 Å². The van der Waals surface area contributed by atoms with Gasteiger partial charge in [-0.15, -0.1) is 6.58 Å². The molecule has 1 heterocycles. The van der Waals surface area contributed by atoms with E-state index in [0.717, 1.165) is 0 Å². The number of aliphatic hydroxyl groups is 1. The van der Waals surface area contributed by atoms with Gasteiger partial charge in [-0.2, -0.15) is 0 Å². The maximum atomic E-state index is 12.2. The second-order valence-electron chi connectivity index (χ2n) is 4.60. The Bertz CT molecular complexity index is 612. The van der Waals surface area contributed by atoms with Gasteiger partial charge in [0.15, 0.2) is 5.17 Å². The predicted octanol–water partition coefficient (Wildman–Crippen LogP) is 1.88. The summed E-state index contributed by atoms with van der Waals surface area (Å²) in [5, 5.41) is 18.1. The number of amides is 1. The van der Waals surface area contributed by atoms with Gasteiger partial charge in [0, 0.05) is 13.2 Å². The molecule has 6 nitrogen and oxygen atoms in total. The summed E-state index contributed by atoms with van der Waals surface area (Å²) in [5.41, 5.74) is 0.749. The minimum absolute atomic E-state index is 0.0636. The van der Waals surface area contributed by atoms with Gasteiger partial charge in [0.05, 0.1) is 16.5 Å². The molecule has 0 aliphatic carbocycles. The van der Waals surface area contributed by atoms with Crippen LogP contribution in [-0.2, 0) is 4.79 Å². The van der Waals surface area contributed by atoms with E-state index in [4.69, 9.17) is 10.2 Å². The van der Waals surface area contributed by atoms with Crippen molar-refractivity contribution in [2.45, 2.75) is 11.7 Å². The van der Waals surface area contributed by atoms with Gasteiger partial charge in [-0.25, -0.2) is 9.79 Å². The van der Waals surface area contributed by atoms with E-state index in [-0.39, 0.29) is 23.3 Å². The predicted molar refractivity (Wildman–Crippen MR) is 85.5 cm³/mol. The summed E-state index contributed by atoms with van der Waals surface area (Å²) in [5.74, 6) is -1.10. The third-order valence-electron chi connectivity index (χ3n) is 3.06. The molecule has 1 aliphatic heterocycles. The summed E-state index contributed by atoms with van der Waals surface area (Å²) in [6.07, 6.45) is 1.98. The van der Waals surface area contributed by atoms with Crippen LogP contribution in [0.5, 0.6) is 0 Å². The number of benzene rings is 1. The van der Waals surface area contributed by atoms with Gasteiger partial charge in [-0.05, 0) is 30.7 Å². The lowest BCUT2D eigenvalue weighted by molar-refractivity contribution is -0.126. The molecule has 0 spiro atoms. The molecule has 0 bridgehead atoms. The molecule has 2 rings (SSSR count). The van der Waals surface area contributed by atoms with Crippen LogP contribution in [0.2, 0.25) is 0 Å². The smallest absolute Gasteiger partial charge is 0.335 e. The van der Waals surface area contributed by atoms with Crippen molar-refractivity contribution >= 4 is 34.5 Å². The van der Waals surface area contributed by atoms with Crippen molar-refractivity contribution in [1.29, 1.82) is 0 Å². The van der Waals surface area contributed by atoms with E-state index in [1.54, 1.807) is 18.2 Å². The van der Waals surface area contributed by atoms with Crippen molar-refractivity contribution < 1.29 is 19.8 Å². The molecule has 0 aromatic heterocycles. The summed E-state index contributed by atoms with van der Waals surface area (Å²) in [4.78, 5) is 29.0. The number of hydrogen-bond acceptors (Lipinski definition) is 5. The molecule has 1 saturated heterocycles. The topological polar surface area (TPSA) is 90.2 Å². The number of thioether (sulfide) groups is 1. The van der Waals surface area contributed by atoms with Crippen LogP contribution in [-0.4, -0.2) is 50.6 Å². The first-order valence-corrected chi connectivity index (χ1v) is 7.56. The molecule has 0 saturated carbocycles. The van der Waals surface area contributed by atoms with Crippen LogP contribution in [0.1, 0.15) is 16.8 Å². The number of amidine groups is 1. The standard InChI is InChI=1S/C15H16N2O4S/c1-2-8-17-13(19)12(7-9-18)22-15(17)16-11-5-3-10(4-6-11)14(20)21/h2-6,12,18H,1,7-9H2,(H,20,21). The Morgan fingerprint density at radius 2 is 2.09 bits per heavy atom. The SMILES string of the molecule is C=CCN1C(=O)C(CCO)SC1=Nc1ccc(C(=O)O)cc1. The molecule has 7 heteroatoms. The third kappa shape index (κ3) is 3.55. The van der Waals surface area contributed by atoms with Crippen LogP contribution >= 0.6 is 11.8 Å². The molecule has 0 radical (unpaired) electrons. The molecule has 116 valence electrons. The maximum Gasteiger partial charge on any atom is 0.335 e. The second kappa shape index (κ2) is 7.24. The molecule has 1 aromatic carbocycles. The van der Waals surface area contributed by atoms with Crippen LogP contribution in [0.15, 0.2) is 41.9 Å². The highest BCUT2D eigenvalue weighted by Crippen LogP contribution is 2.31. The van der Waals surface area contributed by atoms with Gasteiger partial charge in [-0.3, -0.25) is 9.69 Å². The molecular formula is C15H16N2O4S. The van der Waals surface area contributed by atoms with Gasteiger partial charge in [-0.1, -0.05) is 17.8 Å². The van der Waals surface area contributed by atoms with Crippen LogP contribution in [0, 0.1) is 0 Å². The Labute approximate surface area is 132 Å². The average molecular weight is 320 g/mol. The number of aliphatic hydroxyl groups excluding tert-OH is 1. The average Bonchev–Trinajstić information content (AvgIpc) is 2.77. The Kier molecular flexibility index (Phi) is 5.35. The number of aliphatic imine (C=N–C) groups is 1. The molecule has 1 aromatic rings. The normalized spacial score (nSPS) is 19.7. The van der Waals surface area contributed by atoms with Gasteiger partial charge >= 0.3 is 5.97 Å². The number of rotatable bonds is 6. The number of carboxylic acid groups (broad SMARTS) is 1. The molecule has 1 atom stereocenters. The number of carbonyl (C=O) groups is 2. The Balaban J connectivity index is 2.25. The number of hydrogen-bond donors (Lipinski definition) is 2. The lowest BCUT2D eigenvalue weighted by atomic mass is 10.2. The van der Waals surface area contributed by atoms with Gasteiger partial charge in [0.25, 0.3) is 0 Å². The van der Waals surface area contributed by atoms with Crippen LogP contribution in [0.3, 0.4) is 0 Å². The number of carboxylic acids is 1. The Morgan fingerprint density at radius 1 is 1.41 bits per heavy atom. The van der Waals surface area contributed by atoms with E-state index in [2.05, 4.69) is 11.6 Å². The van der Waals surface area contributed by atoms with E-state index in [9.17, 15) is 9.59 Å². The lowest BCUT2D eigenvalue weighted by Crippen LogP contribution is -2.32. The fraction of sp³-hybridized carbons (Fsp3) is 0.267. The summed E-state index contributed by atoms with van der Waals surface area (Å²) in [7, 11) is 0. The van der Waals surface area contributed by atoms with E-state index in [0.29, 0.717) is 23.8 Å². The third-order valence-corrected chi connectivity index (χ3v) is 4.31. The van der Waals surface area contributed by atoms with E-state index < -0.39 is 5.97 Å². The molecular weight excluding hydrogens is 304 g/mol. The maximum absolute atomic E-state index is 12.2. The Hall–Kier alpha value is -2.12. The zero-order valence-corrected chi connectivity index (χ0v) is 12.6. The van der Waals surface area contributed by atoms with Crippen molar-refractivity contribution in [2.24, 2.45) is 4.99 Å². The van der Waals surface area contributed by atoms with E-state index in [1.165, 1.54) is 28.8 Å². The van der Waals surface area contributed by atoms with Crippen LogP contribution in [0.25, 0.3) is 0 Å². The van der Waals surface area contributed by atoms with Crippen molar-refractivity contribution in [3.05, 3.63) is 42.5 Å². The number of aromatic carboxylic acids is 1. The molecule has 1 amide bonds. The zero-order chi connectivity index (χ0) is 16.1. The first-order valence-electron chi connectivity index (χ1n) is 6.68. The first kappa shape index (κ1) is 16.3. The second-order valence-corrected chi connectivity index (χ2v) is 5.77. The lowest BCUT2D eigenvalue weighted by Gasteiger charge is -2.13. The quantitative estimate of drug-likeness (QED) is 0.781.